The maximum atomic E-state index is 12.4. The molecule has 0 radical (unpaired) electrons. The molecule has 4 bridgehead atoms. The van der Waals surface area contributed by atoms with Crippen molar-refractivity contribution in [1.29, 1.82) is 0 Å². The summed E-state index contributed by atoms with van der Waals surface area (Å²) in [6, 6.07) is 0.157. The summed E-state index contributed by atoms with van der Waals surface area (Å²) in [5.74, 6) is 2.21. The Morgan fingerprint density at radius 1 is 1.14 bits per heavy atom. The van der Waals surface area contributed by atoms with E-state index in [2.05, 4.69) is 17.1 Å². The zero-order chi connectivity index (χ0) is 19.7. The topological polar surface area (TPSA) is 58.6 Å². The van der Waals surface area contributed by atoms with E-state index in [0.717, 1.165) is 48.0 Å². The molecular formula is C21H32N2O3S2. The Balaban J connectivity index is 1.18. The smallest absolute Gasteiger partial charge is 0.316 e. The lowest BCUT2D eigenvalue weighted by atomic mass is 9.48. The molecule has 0 aromatic rings. The van der Waals surface area contributed by atoms with Crippen molar-refractivity contribution in [2.75, 3.05) is 25.4 Å². The van der Waals surface area contributed by atoms with E-state index in [1.807, 2.05) is 0 Å². The van der Waals surface area contributed by atoms with Crippen LogP contribution in [0, 0.1) is 23.2 Å². The highest BCUT2D eigenvalue weighted by Gasteiger charge is 2.53. The number of likely N-dealkylation sites (tertiary alicyclic amines) is 1. The van der Waals surface area contributed by atoms with Crippen LogP contribution in [0.3, 0.4) is 0 Å². The predicted octanol–water partition coefficient (Wildman–Crippen LogP) is 3.36. The van der Waals surface area contributed by atoms with E-state index >= 15 is 0 Å². The molecule has 5 aliphatic rings. The predicted molar refractivity (Wildman–Crippen MR) is 115 cm³/mol. The molecule has 7 heteroatoms. The molecule has 0 aromatic carbocycles. The molecule has 4 saturated carbocycles. The first-order chi connectivity index (χ1) is 13.4. The van der Waals surface area contributed by atoms with Gasteiger partial charge in [-0.3, -0.25) is 9.59 Å². The minimum Gasteiger partial charge on any atom is -0.455 e. The summed E-state index contributed by atoms with van der Waals surface area (Å²) >= 11 is 6.69. The summed E-state index contributed by atoms with van der Waals surface area (Å²) in [7, 11) is 0. The maximum Gasteiger partial charge on any atom is 0.316 e. The fourth-order valence-electron chi connectivity index (χ4n) is 6.44. The average Bonchev–Trinajstić information content (AvgIpc) is 3.18. The van der Waals surface area contributed by atoms with E-state index < -0.39 is 0 Å². The number of hydrogen-bond donors (Lipinski definition) is 1. The van der Waals surface area contributed by atoms with Gasteiger partial charge in [0.1, 0.15) is 4.32 Å². The second-order valence-electron chi connectivity index (χ2n) is 9.48. The van der Waals surface area contributed by atoms with Crippen LogP contribution in [0.2, 0.25) is 0 Å². The van der Waals surface area contributed by atoms with E-state index in [9.17, 15) is 9.59 Å². The van der Waals surface area contributed by atoms with Gasteiger partial charge in [-0.25, -0.2) is 0 Å². The van der Waals surface area contributed by atoms with Crippen LogP contribution in [0.4, 0.5) is 0 Å². The first-order valence-corrected chi connectivity index (χ1v) is 12.2. The lowest BCUT2D eigenvalue weighted by Crippen LogP contribution is -2.56. The molecule has 0 spiro atoms. The van der Waals surface area contributed by atoms with Crippen molar-refractivity contribution in [3.05, 3.63) is 0 Å². The number of nitrogens with zero attached hydrogens (tertiary/aromatic N) is 1. The number of esters is 1. The Hall–Kier alpha value is -0.820. The maximum absolute atomic E-state index is 12.4. The third-order valence-electron chi connectivity index (χ3n) is 7.42. The molecule has 156 valence electrons. The molecule has 1 N–H and O–H groups in total. The van der Waals surface area contributed by atoms with Gasteiger partial charge in [0.15, 0.2) is 6.61 Å². The standard InChI is InChI=1S/C21H32N2O3S2/c1-14(21-9-15-6-16(10-21)8-17(7-15)11-21)22-18(24)12-26-19(25)13-28-20(27)23-4-2-3-5-23/h14-17H,2-13H2,1H3,(H,22,24)/t14-,15?,16?,17?,21?/m1/s1. The van der Waals surface area contributed by atoms with E-state index in [1.54, 1.807) is 0 Å². The summed E-state index contributed by atoms with van der Waals surface area (Å²) in [5.41, 5.74) is 0.270. The fourth-order valence-corrected chi connectivity index (χ4v) is 7.49. The SMILES string of the molecule is C[C@@H](NC(=O)COC(=O)CSC(=S)N1CCCC1)C12CC3CC(CC(C3)C1)C2. The van der Waals surface area contributed by atoms with Crippen LogP contribution in [0.1, 0.15) is 58.3 Å². The highest BCUT2D eigenvalue weighted by Crippen LogP contribution is 2.61. The van der Waals surface area contributed by atoms with Crippen molar-refractivity contribution in [3.63, 3.8) is 0 Å². The number of carbonyl (C=O) groups is 2. The number of nitrogens with one attached hydrogen (secondary N) is 1. The van der Waals surface area contributed by atoms with Gasteiger partial charge in [0.05, 0.1) is 5.75 Å². The summed E-state index contributed by atoms with van der Waals surface area (Å²) < 4.78 is 5.95. The van der Waals surface area contributed by atoms with Gasteiger partial charge in [-0.15, -0.1) is 0 Å². The number of carbonyl (C=O) groups excluding carboxylic acids is 2. The Bertz CT molecular complexity index is 598. The number of rotatable bonds is 6. The summed E-state index contributed by atoms with van der Waals surface area (Å²) in [4.78, 5) is 26.5. The third-order valence-corrected chi connectivity index (χ3v) is 8.92. The highest BCUT2D eigenvalue weighted by molar-refractivity contribution is 8.23. The first-order valence-electron chi connectivity index (χ1n) is 10.8. The molecule has 5 nitrogen and oxygen atoms in total. The third kappa shape index (κ3) is 4.50. The van der Waals surface area contributed by atoms with Gasteiger partial charge in [-0.2, -0.15) is 0 Å². The van der Waals surface area contributed by atoms with Crippen molar-refractivity contribution < 1.29 is 14.3 Å². The van der Waals surface area contributed by atoms with Crippen molar-refractivity contribution >= 4 is 40.2 Å². The molecule has 5 rings (SSSR count). The van der Waals surface area contributed by atoms with Gasteiger partial charge in [0.25, 0.3) is 5.91 Å². The monoisotopic (exact) mass is 424 g/mol. The molecule has 1 amide bonds. The van der Waals surface area contributed by atoms with Crippen molar-refractivity contribution in [2.45, 2.75) is 64.3 Å². The van der Waals surface area contributed by atoms with Gasteiger partial charge in [0.2, 0.25) is 0 Å². The van der Waals surface area contributed by atoms with Crippen LogP contribution in [-0.2, 0) is 14.3 Å². The van der Waals surface area contributed by atoms with Crippen molar-refractivity contribution in [1.82, 2.24) is 10.2 Å². The Morgan fingerprint density at radius 3 is 2.29 bits per heavy atom. The van der Waals surface area contributed by atoms with Gasteiger partial charge in [-0.05, 0) is 81.5 Å². The molecule has 0 unspecified atom stereocenters. The number of thioether (sulfide) groups is 1. The molecule has 1 atom stereocenters. The molecule has 5 fully saturated rings. The molecule has 28 heavy (non-hydrogen) atoms. The molecule has 0 aromatic heterocycles. The zero-order valence-corrected chi connectivity index (χ0v) is 18.4. The lowest BCUT2D eigenvalue weighted by molar-refractivity contribution is -0.147. The molecule has 1 aliphatic heterocycles. The van der Waals surface area contributed by atoms with Gasteiger partial charge in [-0.1, -0.05) is 24.0 Å². The highest BCUT2D eigenvalue weighted by atomic mass is 32.2. The van der Waals surface area contributed by atoms with E-state index in [-0.39, 0.29) is 35.7 Å². The van der Waals surface area contributed by atoms with Crippen molar-refractivity contribution in [2.24, 2.45) is 23.2 Å². The van der Waals surface area contributed by atoms with Crippen LogP contribution in [0.25, 0.3) is 0 Å². The second kappa shape index (κ2) is 8.50. The number of hydrogen-bond acceptors (Lipinski definition) is 5. The summed E-state index contributed by atoms with van der Waals surface area (Å²) in [5, 5.41) is 3.14. The Morgan fingerprint density at radius 2 is 1.71 bits per heavy atom. The lowest BCUT2D eigenvalue weighted by Gasteiger charge is -2.59. The minimum absolute atomic E-state index is 0.157. The van der Waals surface area contributed by atoms with Crippen LogP contribution >= 0.6 is 24.0 Å². The largest absolute Gasteiger partial charge is 0.455 e. The number of amides is 1. The van der Waals surface area contributed by atoms with Crippen LogP contribution in [0.15, 0.2) is 0 Å². The average molecular weight is 425 g/mol. The van der Waals surface area contributed by atoms with Crippen molar-refractivity contribution in [3.8, 4) is 0 Å². The van der Waals surface area contributed by atoms with Crippen LogP contribution in [-0.4, -0.2) is 52.6 Å². The molecule has 1 heterocycles. The first kappa shape index (κ1) is 20.5. The van der Waals surface area contributed by atoms with Crippen LogP contribution < -0.4 is 5.32 Å². The fraction of sp³-hybridized carbons (Fsp3) is 0.857. The van der Waals surface area contributed by atoms with Gasteiger partial charge in [0, 0.05) is 19.1 Å². The normalized spacial score (nSPS) is 34.3. The molecular weight excluding hydrogens is 392 g/mol. The minimum atomic E-state index is -0.371. The summed E-state index contributed by atoms with van der Waals surface area (Å²) in [6.45, 7) is 3.92. The van der Waals surface area contributed by atoms with Gasteiger partial charge >= 0.3 is 5.97 Å². The zero-order valence-electron chi connectivity index (χ0n) is 16.8. The van der Waals surface area contributed by atoms with E-state index in [4.69, 9.17) is 17.0 Å². The number of ether oxygens (including phenoxy) is 1. The number of thiocarbonyl (C=S) groups is 1. The van der Waals surface area contributed by atoms with E-state index in [1.165, 1.54) is 50.3 Å². The summed E-state index contributed by atoms with van der Waals surface area (Å²) in [6.07, 6.45) is 10.3. The Labute approximate surface area is 177 Å². The van der Waals surface area contributed by atoms with E-state index in [0.29, 0.717) is 0 Å². The van der Waals surface area contributed by atoms with Crippen LogP contribution in [0.5, 0.6) is 0 Å². The Kier molecular flexibility index (Phi) is 6.21. The molecule has 4 aliphatic carbocycles. The molecule has 1 saturated heterocycles. The quantitative estimate of drug-likeness (QED) is 0.521. The van der Waals surface area contributed by atoms with Gasteiger partial charge < -0.3 is 15.0 Å². The second-order valence-corrected chi connectivity index (χ2v) is 11.1.